The number of rotatable bonds is 6. The van der Waals surface area contributed by atoms with E-state index in [0.717, 1.165) is 11.1 Å². The van der Waals surface area contributed by atoms with Crippen molar-refractivity contribution in [2.45, 2.75) is 25.3 Å². The summed E-state index contributed by atoms with van der Waals surface area (Å²) in [6, 6.07) is 12.5. The van der Waals surface area contributed by atoms with Crippen molar-refractivity contribution in [1.29, 1.82) is 0 Å². The maximum Gasteiger partial charge on any atom is 0.262 e. The molecule has 3 rings (SSSR count). The number of anilines is 2. The second-order valence-electron chi connectivity index (χ2n) is 6.02. The lowest BCUT2D eigenvalue weighted by Gasteiger charge is -2.11. The molecule has 0 radical (unpaired) electrons. The van der Waals surface area contributed by atoms with E-state index in [1.807, 2.05) is 25.1 Å². The van der Waals surface area contributed by atoms with Crippen molar-refractivity contribution in [1.82, 2.24) is 9.97 Å². The average Bonchev–Trinajstić information content (AvgIpc) is 2.61. The minimum atomic E-state index is -3.65. The number of hydrogen-bond acceptors (Lipinski definition) is 5. The maximum absolute atomic E-state index is 12.6. The van der Waals surface area contributed by atoms with Crippen molar-refractivity contribution in [3.8, 4) is 0 Å². The van der Waals surface area contributed by atoms with Gasteiger partial charge in [0.2, 0.25) is 0 Å². The third-order valence-electron chi connectivity index (χ3n) is 3.83. The summed E-state index contributed by atoms with van der Waals surface area (Å²) >= 11 is 0. The molecule has 0 amide bonds. The minimum Gasteiger partial charge on any atom is -0.366 e. The summed E-state index contributed by atoms with van der Waals surface area (Å²) in [5.41, 5.74) is 3.18. The number of pyridine rings is 2. The van der Waals surface area contributed by atoms with Crippen LogP contribution in [0.3, 0.4) is 0 Å². The molecule has 6 nitrogen and oxygen atoms in total. The van der Waals surface area contributed by atoms with Crippen LogP contribution in [-0.2, 0) is 16.6 Å². The van der Waals surface area contributed by atoms with Gasteiger partial charge in [-0.1, -0.05) is 23.8 Å². The van der Waals surface area contributed by atoms with Gasteiger partial charge in [0.25, 0.3) is 10.0 Å². The lowest BCUT2D eigenvalue weighted by Crippen LogP contribution is -2.14. The van der Waals surface area contributed by atoms with E-state index in [1.54, 1.807) is 43.6 Å². The van der Waals surface area contributed by atoms with Crippen LogP contribution in [0.1, 0.15) is 16.7 Å². The molecule has 134 valence electrons. The normalized spacial score (nSPS) is 11.2. The number of benzene rings is 1. The van der Waals surface area contributed by atoms with E-state index in [0.29, 0.717) is 23.6 Å². The van der Waals surface area contributed by atoms with Gasteiger partial charge in [0.15, 0.2) is 0 Å². The molecule has 2 N–H and O–H groups in total. The largest absolute Gasteiger partial charge is 0.366 e. The molecule has 1 aromatic carbocycles. The van der Waals surface area contributed by atoms with Crippen molar-refractivity contribution in [3.05, 3.63) is 77.7 Å². The Morgan fingerprint density at radius 1 is 1.04 bits per heavy atom. The average molecular weight is 368 g/mol. The van der Waals surface area contributed by atoms with Crippen molar-refractivity contribution in [2.75, 3.05) is 10.0 Å². The SMILES string of the molecule is Cc1ccc(S(=O)(=O)Nc2ccc(NCc3cccnc3)nc2)c(C)c1. The van der Waals surface area contributed by atoms with Crippen LogP contribution in [0.25, 0.3) is 0 Å². The predicted molar refractivity (Wildman–Crippen MR) is 103 cm³/mol. The molecule has 0 aliphatic carbocycles. The van der Waals surface area contributed by atoms with E-state index >= 15 is 0 Å². The van der Waals surface area contributed by atoms with Gasteiger partial charge < -0.3 is 5.32 Å². The number of hydrogen-bond donors (Lipinski definition) is 2. The standard InChI is InChI=1S/C19H20N4O2S/c1-14-5-7-18(15(2)10-14)26(24,25)23-17-6-8-19(22-13-17)21-12-16-4-3-9-20-11-16/h3-11,13,23H,12H2,1-2H3,(H,21,22). The molecule has 0 spiro atoms. The van der Waals surface area contributed by atoms with Crippen LogP contribution < -0.4 is 10.0 Å². The molecule has 0 bridgehead atoms. The molecule has 0 atom stereocenters. The van der Waals surface area contributed by atoms with Crippen LogP contribution in [0.4, 0.5) is 11.5 Å². The molecule has 0 unspecified atom stereocenters. The molecule has 0 saturated heterocycles. The fourth-order valence-electron chi connectivity index (χ4n) is 2.57. The topological polar surface area (TPSA) is 84.0 Å². The van der Waals surface area contributed by atoms with Crippen LogP contribution in [-0.4, -0.2) is 18.4 Å². The minimum absolute atomic E-state index is 0.266. The van der Waals surface area contributed by atoms with Gasteiger partial charge in [-0.05, 0) is 49.2 Å². The van der Waals surface area contributed by atoms with Crippen LogP contribution in [0.5, 0.6) is 0 Å². The lowest BCUT2D eigenvalue weighted by molar-refractivity contribution is 0.600. The second kappa shape index (κ2) is 7.53. The Morgan fingerprint density at radius 3 is 2.54 bits per heavy atom. The van der Waals surface area contributed by atoms with Gasteiger partial charge in [-0.15, -0.1) is 0 Å². The van der Waals surface area contributed by atoms with Gasteiger partial charge in [-0.3, -0.25) is 9.71 Å². The van der Waals surface area contributed by atoms with Crippen LogP contribution in [0.2, 0.25) is 0 Å². The third kappa shape index (κ3) is 4.37. The Kier molecular flexibility index (Phi) is 5.18. The number of sulfonamides is 1. The predicted octanol–water partition coefficient (Wildman–Crippen LogP) is 3.51. The van der Waals surface area contributed by atoms with Crippen LogP contribution in [0, 0.1) is 13.8 Å². The highest BCUT2D eigenvalue weighted by Gasteiger charge is 2.17. The number of nitrogens with one attached hydrogen (secondary N) is 2. The number of nitrogens with zero attached hydrogens (tertiary/aromatic N) is 2. The second-order valence-corrected chi connectivity index (χ2v) is 7.67. The van der Waals surface area contributed by atoms with Gasteiger partial charge in [-0.2, -0.15) is 0 Å². The molecule has 2 heterocycles. The Balaban J connectivity index is 1.68. The molecule has 26 heavy (non-hydrogen) atoms. The molecule has 0 saturated carbocycles. The molecular weight excluding hydrogens is 348 g/mol. The Morgan fingerprint density at radius 2 is 1.88 bits per heavy atom. The lowest BCUT2D eigenvalue weighted by atomic mass is 10.2. The highest BCUT2D eigenvalue weighted by atomic mass is 32.2. The Hall–Kier alpha value is -2.93. The molecule has 0 fully saturated rings. The van der Waals surface area contributed by atoms with Crippen molar-refractivity contribution in [3.63, 3.8) is 0 Å². The summed E-state index contributed by atoms with van der Waals surface area (Å²) in [6.07, 6.45) is 4.99. The van der Waals surface area contributed by atoms with Crippen molar-refractivity contribution < 1.29 is 8.42 Å². The van der Waals surface area contributed by atoms with Crippen molar-refractivity contribution >= 4 is 21.5 Å². The summed E-state index contributed by atoms with van der Waals surface area (Å²) in [5, 5.41) is 3.17. The van der Waals surface area contributed by atoms with Gasteiger partial charge in [-0.25, -0.2) is 13.4 Å². The van der Waals surface area contributed by atoms with Crippen LogP contribution in [0.15, 0.2) is 66.0 Å². The smallest absolute Gasteiger partial charge is 0.262 e. The van der Waals surface area contributed by atoms with Gasteiger partial charge in [0, 0.05) is 18.9 Å². The number of aryl methyl sites for hydroxylation is 2. The first-order valence-electron chi connectivity index (χ1n) is 8.13. The fraction of sp³-hybridized carbons (Fsp3) is 0.158. The molecule has 3 aromatic rings. The van der Waals surface area contributed by atoms with Crippen LogP contribution >= 0.6 is 0 Å². The Labute approximate surface area is 153 Å². The third-order valence-corrected chi connectivity index (χ3v) is 5.37. The van der Waals surface area contributed by atoms with Gasteiger partial charge in [0.05, 0.1) is 16.8 Å². The molecule has 0 aliphatic rings. The van der Waals surface area contributed by atoms with E-state index in [1.165, 1.54) is 6.20 Å². The molecular formula is C19H20N4O2S. The first-order valence-corrected chi connectivity index (χ1v) is 9.61. The first kappa shape index (κ1) is 17.9. The number of aromatic nitrogens is 2. The highest BCUT2D eigenvalue weighted by Crippen LogP contribution is 2.20. The summed E-state index contributed by atoms with van der Waals surface area (Å²) in [6.45, 7) is 4.30. The van der Waals surface area contributed by atoms with Gasteiger partial charge >= 0.3 is 0 Å². The van der Waals surface area contributed by atoms with E-state index in [2.05, 4.69) is 20.0 Å². The molecule has 2 aromatic heterocycles. The summed E-state index contributed by atoms with van der Waals surface area (Å²) in [5.74, 6) is 0.656. The quantitative estimate of drug-likeness (QED) is 0.696. The maximum atomic E-state index is 12.6. The summed E-state index contributed by atoms with van der Waals surface area (Å²) in [7, 11) is -3.65. The highest BCUT2D eigenvalue weighted by molar-refractivity contribution is 7.92. The monoisotopic (exact) mass is 368 g/mol. The summed E-state index contributed by atoms with van der Waals surface area (Å²) in [4.78, 5) is 8.57. The van der Waals surface area contributed by atoms with E-state index in [4.69, 9.17) is 0 Å². The summed E-state index contributed by atoms with van der Waals surface area (Å²) < 4.78 is 27.7. The zero-order valence-corrected chi connectivity index (χ0v) is 15.4. The van der Waals surface area contributed by atoms with E-state index in [9.17, 15) is 8.42 Å². The van der Waals surface area contributed by atoms with E-state index < -0.39 is 10.0 Å². The van der Waals surface area contributed by atoms with Crippen molar-refractivity contribution in [2.24, 2.45) is 0 Å². The van der Waals surface area contributed by atoms with E-state index in [-0.39, 0.29) is 4.90 Å². The Bertz CT molecular complexity index is 988. The molecule has 7 heteroatoms. The van der Waals surface area contributed by atoms with Gasteiger partial charge in [0.1, 0.15) is 5.82 Å². The first-order chi connectivity index (χ1) is 12.4. The molecule has 0 aliphatic heterocycles. The fourth-order valence-corrected chi connectivity index (χ4v) is 3.84. The zero-order chi connectivity index (χ0) is 18.6. The zero-order valence-electron chi connectivity index (χ0n) is 14.6.